The minimum Gasteiger partial charge on any atom is -0.298 e. The lowest BCUT2D eigenvalue weighted by Gasteiger charge is -2.35. The molecule has 108 valence electrons. The number of rotatable bonds is 0. The van der Waals surface area contributed by atoms with Gasteiger partial charge in [-0.05, 0) is 70.8 Å². The fraction of sp³-hybridized carbons (Fsp3) is 0.286. The molecule has 0 fully saturated rings. The topological polar surface area (TPSA) is 17.1 Å². The maximum Gasteiger partial charge on any atom is 0.155 e. The average molecular weight is 286 g/mol. The fourth-order valence-electron chi connectivity index (χ4n) is 4.83. The first-order chi connectivity index (χ1) is 10.7. The maximum atomic E-state index is 13.0. The molecule has 0 aliphatic heterocycles. The molecular formula is C21H18O. The van der Waals surface area contributed by atoms with Gasteiger partial charge in [0.2, 0.25) is 0 Å². The fourth-order valence-corrected chi connectivity index (χ4v) is 4.83. The Morgan fingerprint density at radius 1 is 0.818 bits per heavy atom. The van der Waals surface area contributed by atoms with Crippen LogP contribution in [0.2, 0.25) is 0 Å². The Hall–Kier alpha value is -2.15. The molecule has 3 aliphatic carbocycles. The first-order valence-electron chi connectivity index (χ1n) is 8.12. The van der Waals surface area contributed by atoms with Gasteiger partial charge in [0.15, 0.2) is 5.78 Å². The van der Waals surface area contributed by atoms with Gasteiger partial charge in [0.25, 0.3) is 0 Å². The highest BCUT2D eigenvalue weighted by atomic mass is 16.1. The zero-order chi connectivity index (χ0) is 15.0. The summed E-state index contributed by atoms with van der Waals surface area (Å²) in [5.74, 6) is 0.277. The van der Waals surface area contributed by atoms with Crippen LogP contribution in [0, 0.1) is 13.8 Å². The Bertz CT molecular complexity index is 856. The lowest BCUT2D eigenvalue weighted by molar-refractivity contribution is -0.120. The van der Waals surface area contributed by atoms with Crippen LogP contribution in [0.3, 0.4) is 0 Å². The van der Waals surface area contributed by atoms with Crippen LogP contribution in [0.1, 0.15) is 45.2 Å². The molecule has 22 heavy (non-hydrogen) atoms. The van der Waals surface area contributed by atoms with E-state index in [0.717, 1.165) is 12.8 Å². The van der Waals surface area contributed by atoms with Crippen molar-refractivity contribution >= 4 is 16.6 Å². The van der Waals surface area contributed by atoms with Gasteiger partial charge in [-0.3, -0.25) is 4.79 Å². The van der Waals surface area contributed by atoms with Gasteiger partial charge in [-0.15, -0.1) is 0 Å². The monoisotopic (exact) mass is 286 g/mol. The van der Waals surface area contributed by atoms with Gasteiger partial charge in [0, 0.05) is 0 Å². The zero-order valence-electron chi connectivity index (χ0n) is 12.9. The van der Waals surface area contributed by atoms with Crippen molar-refractivity contribution in [1.29, 1.82) is 0 Å². The van der Waals surface area contributed by atoms with Crippen molar-refractivity contribution < 1.29 is 4.79 Å². The smallest absolute Gasteiger partial charge is 0.155 e. The Balaban J connectivity index is 2.07. The van der Waals surface area contributed by atoms with Crippen LogP contribution < -0.4 is 0 Å². The summed E-state index contributed by atoms with van der Waals surface area (Å²) >= 11 is 0. The van der Waals surface area contributed by atoms with Crippen LogP contribution in [0.4, 0.5) is 0 Å². The molecule has 0 saturated heterocycles. The minimum absolute atomic E-state index is 0.0400. The van der Waals surface area contributed by atoms with E-state index in [4.69, 9.17) is 0 Å². The van der Waals surface area contributed by atoms with Crippen molar-refractivity contribution in [3.63, 3.8) is 0 Å². The molecule has 0 heterocycles. The predicted molar refractivity (Wildman–Crippen MR) is 89.6 cm³/mol. The standard InChI is InChI=1S/C21H18O/c1-11-9-13-5-3-7-15-18(13)20-17(11)12(2)10-14-6-4-8-16(19(14)20)21(15)22/h3-4,7-10,15-16H,5-6H2,1-2H3. The third kappa shape index (κ3) is 1.32. The summed E-state index contributed by atoms with van der Waals surface area (Å²) in [6.07, 6.45) is 10.5. The summed E-state index contributed by atoms with van der Waals surface area (Å²) in [5, 5.41) is 2.78. The number of benzene rings is 2. The molecule has 2 aromatic carbocycles. The van der Waals surface area contributed by atoms with Gasteiger partial charge in [-0.1, -0.05) is 36.4 Å². The predicted octanol–water partition coefficient (Wildman–Crippen LogP) is 4.43. The van der Waals surface area contributed by atoms with Crippen molar-refractivity contribution in [3.05, 3.63) is 69.8 Å². The van der Waals surface area contributed by atoms with Crippen LogP contribution >= 0.6 is 0 Å². The quantitative estimate of drug-likeness (QED) is 0.655. The molecule has 5 rings (SSSR count). The highest BCUT2D eigenvalue weighted by Gasteiger charge is 2.39. The number of carbonyl (C=O) groups excluding carboxylic acids is 1. The number of aryl methyl sites for hydroxylation is 2. The van der Waals surface area contributed by atoms with E-state index in [1.165, 1.54) is 44.2 Å². The molecule has 2 aromatic rings. The molecule has 2 unspecified atom stereocenters. The molecule has 2 atom stereocenters. The molecule has 0 aromatic heterocycles. The minimum atomic E-state index is -0.0400. The molecule has 1 nitrogen and oxygen atoms in total. The third-order valence-electron chi connectivity index (χ3n) is 5.62. The molecule has 3 aliphatic rings. The van der Waals surface area contributed by atoms with Crippen molar-refractivity contribution in [3.8, 4) is 0 Å². The number of Topliss-reactive ketones (excluding diaryl/α,β-unsaturated/α-hetero) is 1. The van der Waals surface area contributed by atoms with E-state index in [2.05, 4.69) is 50.3 Å². The Morgan fingerprint density at radius 2 is 1.32 bits per heavy atom. The Morgan fingerprint density at radius 3 is 1.82 bits per heavy atom. The van der Waals surface area contributed by atoms with Gasteiger partial charge in [-0.25, -0.2) is 0 Å². The van der Waals surface area contributed by atoms with Gasteiger partial charge >= 0.3 is 0 Å². The second-order valence-corrected chi connectivity index (χ2v) is 6.90. The summed E-state index contributed by atoms with van der Waals surface area (Å²) in [6, 6.07) is 4.61. The van der Waals surface area contributed by atoms with Crippen molar-refractivity contribution in [2.75, 3.05) is 0 Å². The number of hydrogen-bond donors (Lipinski definition) is 0. The van der Waals surface area contributed by atoms with E-state index in [9.17, 15) is 4.79 Å². The van der Waals surface area contributed by atoms with Gasteiger partial charge in [0.05, 0.1) is 11.8 Å². The second kappa shape index (κ2) is 3.98. The summed E-state index contributed by atoms with van der Waals surface area (Å²) in [5.41, 5.74) is 8.02. The highest BCUT2D eigenvalue weighted by Crippen LogP contribution is 2.49. The van der Waals surface area contributed by atoms with Crippen LogP contribution in [0.25, 0.3) is 10.8 Å². The molecule has 1 heteroatoms. The average Bonchev–Trinajstić information content (AvgIpc) is 2.51. The SMILES string of the molecule is Cc1cc2c3c4c5c(cc(C)c14)CC=CC5C(=O)C3C=CC2. The number of allylic oxidation sites excluding steroid dienone is 4. The van der Waals surface area contributed by atoms with Gasteiger partial charge in [-0.2, -0.15) is 0 Å². The summed E-state index contributed by atoms with van der Waals surface area (Å²) in [6.45, 7) is 4.43. The van der Waals surface area contributed by atoms with Crippen LogP contribution in [0.15, 0.2) is 36.4 Å². The maximum absolute atomic E-state index is 13.0. The first kappa shape index (κ1) is 12.4. The molecule has 0 spiro atoms. The molecule has 0 amide bonds. The van der Waals surface area contributed by atoms with Gasteiger partial charge < -0.3 is 0 Å². The normalized spacial score (nSPS) is 24.2. The molecule has 0 N–H and O–H groups in total. The first-order valence-corrected chi connectivity index (χ1v) is 8.12. The Kier molecular flexibility index (Phi) is 2.24. The second-order valence-electron chi connectivity index (χ2n) is 6.90. The molecule has 0 bridgehead atoms. The van der Waals surface area contributed by atoms with Crippen LogP contribution in [-0.2, 0) is 17.6 Å². The molecule has 0 radical (unpaired) electrons. The van der Waals surface area contributed by atoms with E-state index in [-0.39, 0.29) is 11.8 Å². The van der Waals surface area contributed by atoms with Crippen molar-refractivity contribution in [1.82, 2.24) is 0 Å². The Labute approximate surface area is 130 Å². The van der Waals surface area contributed by atoms with Crippen molar-refractivity contribution in [2.45, 2.75) is 38.5 Å². The van der Waals surface area contributed by atoms with Crippen LogP contribution in [-0.4, -0.2) is 5.78 Å². The lowest BCUT2D eigenvalue weighted by atomic mass is 9.67. The summed E-state index contributed by atoms with van der Waals surface area (Å²) < 4.78 is 0. The summed E-state index contributed by atoms with van der Waals surface area (Å²) in [4.78, 5) is 13.0. The largest absolute Gasteiger partial charge is 0.298 e. The number of ketones is 1. The third-order valence-corrected chi connectivity index (χ3v) is 5.62. The molecule has 0 saturated carbocycles. The number of hydrogen-bond acceptors (Lipinski definition) is 1. The molecular weight excluding hydrogens is 268 g/mol. The van der Waals surface area contributed by atoms with E-state index in [1.54, 1.807) is 0 Å². The van der Waals surface area contributed by atoms with Gasteiger partial charge in [0.1, 0.15) is 0 Å². The van der Waals surface area contributed by atoms with E-state index in [1.807, 2.05) is 0 Å². The lowest BCUT2D eigenvalue weighted by Crippen LogP contribution is -2.28. The van der Waals surface area contributed by atoms with Crippen molar-refractivity contribution in [2.24, 2.45) is 0 Å². The van der Waals surface area contributed by atoms with E-state index in [0.29, 0.717) is 5.78 Å². The zero-order valence-corrected chi connectivity index (χ0v) is 12.9. The summed E-state index contributed by atoms with van der Waals surface area (Å²) in [7, 11) is 0. The van der Waals surface area contributed by atoms with Crippen LogP contribution in [0.5, 0.6) is 0 Å². The highest BCUT2D eigenvalue weighted by molar-refractivity contribution is 6.10. The number of carbonyl (C=O) groups is 1. The van der Waals surface area contributed by atoms with E-state index < -0.39 is 0 Å². The van der Waals surface area contributed by atoms with E-state index >= 15 is 0 Å².